The van der Waals surface area contributed by atoms with E-state index >= 15 is 0 Å². The summed E-state index contributed by atoms with van der Waals surface area (Å²) in [6.07, 6.45) is -9.55. The predicted octanol–water partition coefficient (Wildman–Crippen LogP) is 4.15. The van der Waals surface area contributed by atoms with E-state index in [0.717, 1.165) is 12.1 Å². The summed E-state index contributed by atoms with van der Waals surface area (Å²) in [5, 5.41) is 2.77. The van der Waals surface area contributed by atoms with E-state index in [1.807, 2.05) is 0 Å². The first-order valence-electron chi connectivity index (χ1n) is 5.88. The number of hydrogen-bond donors (Lipinski definition) is 1. The average Bonchev–Trinajstić information content (AvgIpc) is 2.25. The van der Waals surface area contributed by atoms with Gasteiger partial charge in [-0.05, 0) is 31.2 Å². The van der Waals surface area contributed by atoms with Crippen LogP contribution in [0.2, 0.25) is 0 Å². The van der Waals surface area contributed by atoms with Crippen LogP contribution in [0.3, 0.4) is 0 Å². The van der Waals surface area contributed by atoms with Gasteiger partial charge in [0.1, 0.15) is 11.5 Å². The maximum atomic E-state index is 12.2. The van der Waals surface area contributed by atoms with Crippen LogP contribution in [0.15, 0.2) is 18.2 Å². The van der Waals surface area contributed by atoms with Gasteiger partial charge in [-0.25, -0.2) is 0 Å². The van der Waals surface area contributed by atoms with E-state index < -0.39 is 30.3 Å². The number of alkyl halides is 6. The van der Waals surface area contributed by atoms with Crippen molar-refractivity contribution >= 4 is 0 Å². The average molecular weight is 317 g/mol. The summed E-state index contributed by atoms with van der Waals surface area (Å²) in [4.78, 5) is 0. The van der Waals surface area contributed by atoms with Gasteiger partial charge in [0.15, 0.2) is 0 Å². The van der Waals surface area contributed by atoms with Gasteiger partial charge in [0.2, 0.25) is 0 Å². The molecule has 120 valence electrons. The number of halogens is 6. The van der Waals surface area contributed by atoms with E-state index in [9.17, 15) is 26.3 Å². The Labute approximate surface area is 116 Å². The summed E-state index contributed by atoms with van der Waals surface area (Å²) in [6, 6.07) is 2.13. The summed E-state index contributed by atoms with van der Waals surface area (Å²) in [7, 11) is 1.54. The summed E-state index contributed by atoms with van der Waals surface area (Å²) < 4.78 is 80.6. The molecule has 0 spiro atoms. The zero-order chi connectivity index (χ0) is 16.3. The number of hydrogen-bond acceptors (Lipinski definition) is 3. The molecule has 0 bridgehead atoms. The zero-order valence-electron chi connectivity index (χ0n) is 11.1. The zero-order valence-corrected chi connectivity index (χ0v) is 11.1. The Kier molecular flexibility index (Phi) is 5.32. The van der Waals surface area contributed by atoms with Gasteiger partial charge >= 0.3 is 12.7 Å². The fourth-order valence-corrected chi connectivity index (χ4v) is 1.79. The molecule has 0 aliphatic heterocycles. The predicted molar refractivity (Wildman–Crippen MR) is 61.9 cm³/mol. The van der Waals surface area contributed by atoms with Gasteiger partial charge in [-0.2, -0.15) is 0 Å². The molecule has 0 radical (unpaired) electrons. The van der Waals surface area contributed by atoms with E-state index in [-0.39, 0.29) is 5.56 Å². The number of nitrogens with one attached hydrogen (secondary N) is 1. The normalized spacial score (nSPS) is 13.9. The Morgan fingerprint density at radius 2 is 1.38 bits per heavy atom. The van der Waals surface area contributed by atoms with Crippen molar-refractivity contribution in [3.05, 3.63) is 23.8 Å². The molecule has 1 rings (SSSR count). The van der Waals surface area contributed by atoms with Crippen molar-refractivity contribution in [2.75, 3.05) is 7.05 Å². The topological polar surface area (TPSA) is 30.5 Å². The van der Waals surface area contributed by atoms with Crippen molar-refractivity contribution in [1.82, 2.24) is 5.32 Å². The Bertz CT molecular complexity index is 434. The molecule has 0 fully saturated rings. The molecule has 1 aromatic rings. The largest absolute Gasteiger partial charge is 0.573 e. The van der Waals surface area contributed by atoms with Crippen LogP contribution < -0.4 is 14.8 Å². The molecular weight excluding hydrogens is 304 g/mol. The monoisotopic (exact) mass is 317 g/mol. The van der Waals surface area contributed by atoms with Gasteiger partial charge in [0.05, 0.1) is 0 Å². The van der Waals surface area contributed by atoms with E-state index in [1.165, 1.54) is 7.05 Å². The molecular formula is C12H13F6NO2. The van der Waals surface area contributed by atoms with Crippen molar-refractivity contribution in [1.29, 1.82) is 0 Å². The Morgan fingerprint density at radius 1 is 0.952 bits per heavy atom. The third kappa shape index (κ3) is 6.11. The summed E-state index contributed by atoms with van der Waals surface area (Å²) in [5.41, 5.74) is 0.195. The van der Waals surface area contributed by atoms with Gasteiger partial charge < -0.3 is 14.8 Å². The molecule has 1 atom stereocenters. The molecule has 0 saturated carbocycles. The standard InChI is InChI=1S/C12H13F6NO2/c1-3-10(19-2)7-4-8(20-11(13,14)15)6-9(5-7)21-12(16,17)18/h4-6,10,19H,3H2,1-2H3/t10-/m0/s1. The molecule has 0 aliphatic carbocycles. The number of ether oxygens (including phenoxy) is 2. The van der Waals surface area contributed by atoms with E-state index in [2.05, 4.69) is 14.8 Å². The maximum Gasteiger partial charge on any atom is 0.573 e. The maximum absolute atomic E-state index is 12.2. The molecule has 1 aromatic carbocycles. The lowest BCUT2D eigenvalue weighted by molar-refractivity contribution is -0.276. The summed E-state index contributed by atoms with van der Waals surface area (Å²) >= 11 is 0. The third-order valence-corrected chi connectivity index (χ3v) is 2.53. The smallest absolute Gasteiger partial charge is 0.406 e. The number of rotatable bonds is 5. The molecule has 21 heavy (non-hydrogen) atoms. The highest BCUT2D eigenvalue weighted by Gasteiger charge is 2.34. The Hall–Kier alpha value is -1.64. The van der Waals surface area contributed by atoms with Gasteiger partial charge in [-0.3, -0.25) is 0 Å². The fourth-order valence-electron chi connectivity index (χ4n) is 1.79. The quantitative estimate of drug-likeness (QED) is 0.828. The second-order valence-electron chi connectivity index (χ2n) is 4.08. The van der Waals surface area contributed by atoms with Crippen molar-refractivity contribution in [3.63, 3.8) is 0 Å². The Balaban J connectivity index is 3.19. The first-order chi connectivity index (χ1) is 9.54. The van der Waals surface area contributed by atoms with Crippen LogP contribution in [0.4, 0.5) is 26.3 Å². The second kappa shape index (κ2) is 6.42. The first kappa shape index (κ1) is 17.4. The molecule has 0 aliphatic rings. The second-order valence-corrected chi connectivity index (χ2v) is 4.08. The highest BCUT2D eigenvalue weighted by Crippen LogP contribution is 2.33. The van der Waals surface area contributed by atoms with E-state index in [0.29, 0.717) is 12.5 Å². The summed E-state index contributed by atoms with van der Waals surface area (Å²) in [6.45, 7) is 1.72. The lowest BCUT2D eigenvalue weighted by Gasteiger charge is -2.18. The lowest BCUT2D eigenvalue weighted by atomic mass is 10.0. The highest BCUT2D eigenvalue weighted by molar-refractivity contribution is 5.40. The highest BCUT2D eigenvalue weighted by atomic mass is 19.4. The van der Waals surface area contributed by atoms with Crippen molar-refractivity contribution < 1.29 is 35.8 Å². The van der Waals surface area contributed by atoms with E-state index in [1.54, 1.807) is 6.92 Å². The molecule has 9 heteroatoms. The molecule has 0 aromatic heterocycles. The molecule has 0 saturated heterocycles. The van der Waals surface area contributed by atoms with Crippen molar-refractivity contribution in [2.24, 2.45) is 0 Å². The van der Waals surface area contributed by atoms with Crippen LogP contribution in [0.1, 0.15) is 24.9 Å². The van der Waals surface area contributed by atoms with Crippen LogP contribution in [0.5, 0.6) is 11.5 Å². The van der Waals surface area contributed by atoms with E-state index in [4.69, 9.17) is 0 Å². The van der Waals surface area contributed by atoms with Crippen LogP contribution >= 0.6 is 0 Å². The summed E-state index contributed by atoms with van der Waals surface area (Å²) in [5.74, 6) is -1.54. The van der Waals surface area contributed by atoms with Gasteiger partial charge in [0, 0.05) is 12.1 Å². The van der Waals surface area contributed by atoms with Crippen LogP contribution in [0.25, 0.3) is 0 Å². The van der Waals surface area contributed by atoms with Crippen LogP contribution in [-0.2, 0) is 0 Å². The molecule has 3 nitrogen and oxygen atoms in total. The minimum atomic E-state index is -5.00. The van der Waals surface area contributed by atoms with Crippen LogP contribution in [-0.4, -0.2) is 19.8 Å². The lowest BCUT2D eigenvalue weighted by Crippen LogP contribution is -2.20. The van der Waals surface area contributed by atoms with Gasteiger partial charge in [0.25, 0.3) is 0 Å². The first-order valence-corrected chi connectivity index (χ1v) is 5.88. The van der Waals surface area contributed by atoms with Gasteiger partial charge in [-0.15, -0.1) is 26.3 Å². The fraction of sp³-hybridized carbons (Fsp3) is 0.500. The molecule has 0 amide bonds. The SMILES string of the molecule is CC[C@H](NC)c1cc(OC(F)(F)F)cc(OC(F)(F)F)c1. The van der Waals surface area contributed by atoms with Crippen molar-refractivity contribution in [3.8, 4) is 11.5 Å². The third-order valence-electron chi connectivity index (χ3n) is 2.53. The minimum absolute atomic E-state index is 0.195. The molecule has 0 heterocycles. The van der Waals surface area contributed by atoms with Gasteiger partial charge in [-0.1, -0.05) is 6.92 Å². The minimum Gasteiger partial charge on any atom is -0.406 e. The van der Waals surface area contributed by atoms with Crippen molar-refractivity contribution in [2.45, 2.75) is 32.1 Å². The number of benzene rings is 1. The Morgan fingerprint density at radius 3 is 1.67 bits per heavy atom. The van der Waals surface area contributed by atoms with Crippen LogP contribution in [0, 0.1) is 0 Å². The molecule has 0 unspecified atom stereocenters. The molecule has 1 N–H and O–H groups in total.